The van der Waals surface area contributed by atoms with Gasteiger partial charge in [-0.1, -0.05) is 34.4 Å². The van der Waals surface area contributed by atoms with Crippen molar-refractivity contribution in [1.82, 2.24) is 10.1 Å². The highest BCUT2D eigenvalue weighted by Crippen LogP contribution is 2.26. The quantitative estimate of drug-likeness (QED) is 0.830. The number of aromatic nitrogens is 2. The molecule has 0 aliphatic heterocycles. The molecule has 0 aliphatic rings. The molecule has 0 amide bonds. The first-order chi connectivity index (χ1) is 9.20. The molecule has 5 nitrogen and oxygen atoms in total. The molecular weight excluding hydrogens is 289 g/mol. The summed E-state index contributed by atoms with van der Waals surface area (Å²) in [6, 6.07) is 5.33. The van der Waals surface area contributed by atoms with Crippen molar-refractivity contribution in [2.45, 2.75) is 13.0 Å². The highest BCUT2D eigenvalue weighted by molar-refractivity contribution is 6.36. The summed E-state index contributed by atoms with van der Waals surface area (Å²) in [7, 11) is 0. The Balaban J connectivity index is 2.03. The van der Waals surface area contributed by atoms with Crippen LogP contribution in [0.1, 0.15) is 17.3 Å². The van der Waals surface area contributed by atoms with E-state index in [4.69, 9.17) is 38.2 Å². The minimum absolute atomic E-state index is 0.250. The van der Waals surface area contributed by atoms with Gasteiger partial charge in [0, 0.05) is 23.0 Å². The summed E-state index contributed by atoms with van der Waals surface area (Å²) in [5.41, 5.74) is 6.09. The lowest BCUT2D eigenvalue weighted by Gasteiger charge is -2.03. The Labute approximate surface area is 120 Å². The minimum Gasteiger partial charge on any atom is -0.370 e. The number of hydrogen-bond acceptors (Lipinski definition) is 5. The molecule has 0 atom stereocenters. The van der Waals surface area contributed by atoms with E-state index in [2.05, 4.69) is 10.1 Å². The number of ether oxygens (including phenoxy) is 1. The molecule has 7 heteroatoms. The van der Waals surface area contributed by atoms with E-state index >= 15 is 0 Å². The fourth-order valence-corrected chi connectivity index (χ4v) is 2.05. The Hall–Kier alpha value is -1.14. The van der Waals surface area contributed by atoms with E-state index in [0.29, 0.717) is 41.3 Å². The van der Waals surface area contributed by atoms with Crippen LogP contribution in [0.2, 0.25) is 10.0 Å². The molecule has 2 N–H and O–H groups in total. The van der Waals surface area contributed by atoms with Crippen LogP contribution in [0.5, 0.6) is 0 Å². The molecule has 0 bridgehead atoms. The van der Waals surface area contributed by atoms with Gasteiger partial charge in [0.2, 0.25) is 0 Å². The van der Waals surface area contributed by atoms with Crippen molar-refractivity contribution in [1.29, 1.82) is 0 Å². The van der Waals surface area contributed by atoms with Crippen molar-refractivity contribution in [3.05, 3.63) is 45.5 Å². The van der Waals surface area contributed by atoms with Crippen LogP contribution >= 0.6 is 23.2 Å². The van der Waals surface area contributed by atoms with Crippen molar-refractivity contribution in [3.63, 3.8) is 0 Å². The van der Waals surface area contributed by atoms with Crippen LogP contribution in [0, 0.1) is 0 Å². The maximum atomic E-state index is 6.08. The second kappa shape index (κ2) is 6.86. The van der Waals surface area contributed by atoms with Gasteiger partial charge in [-0.3, -0.25) is 0 Å². The van der Waals surface area contributed by atoms with Crippen molar-refractivity contribution >= 4 is 23.2 Å². The molecule has 0 saturated carbocycles. The zero-order valence-electron chi connectivity index (χ0n) is 10.1. The standard InChI is InChI=1S/C12H13Cl2N3O2/c13-9-2-1-3-10(14)8(9)6-11-16-12(19-17-11)7-18-5-4-15/h1-3H,4-7,15H2. The second-order valence-electron chi connectivity index (χ2n) is 3.82. The zero-order chi connectivity index (χ0) is 13.7. The topological polar surface area (TPSA) is 74.2 Å². The number of benzene rings is 1. The predicted molar refractivity (Wildman–Crippen MR) is 72.3 cm³/mol. The van der Waals surface area contributed by atoms with Crippen LogP contribution in [0.25, 0.3) is 0 Å². The number of nitrogens with two attached hydrogens (primary N) is 1. The molecule has 0 fully saturated rings. The Morgan fingerprint density at radius 2 is 2.00 bits per heavy atom. The third kappa shape index (κ3) is 3.91. The lowest BCUT2D eigenvalue weighted by Crippen LogP contribution is -2.08. The van der Waals surface area contributed by atoms with Crippen molar-refractivity contribution in [2.24, 2.45) is 5.73 Å². The van der Waals surface area contributed by atoms with Gasteiger partial charge in [-0.05, 0) is 17.7 Å². The average Bonchev–Trinajstić information content (AvgIpc) is 2.82. The van der Waals surface area contributed by atoms with Gasteiger partial charge in [0.05, 0.1) is 6.61 Å². The van der Waals surface area contributed by atoms with Gasteiger partial charge in [-0.15, -0.1) is 0 Å². The summed E-state index contributed by atoms with van der Waals surface area (Å²) in [5.74, 6) is 0.924. The number of nitrogens with zero attached hydrogens (tertiary/aromatic N) is 2. The van der Waals surface area contributed by atoms with E-state index in [1.807, 2.05) is 0 Å². The molecular formula is C12H13Cl2N3O2. The predicted octanol–water partition coefficient (Wildman–Crippen LogP) is 2.44. The first-order valence-electron chi connectivity index (χ1n) is 5.73. The summed E-state index contributed by atoms with van der Waals surface area (Å²) in [6.45, 7) is 1.16. The Morgan fingerprint density at radius 1 is 1.26 bits per heavy atom. The maximum Gasteiger partial charge on any atom is 0.252 e. The van der Waals surface area contributed by atoms with E-state index in [9.17, 15) is 0 Å². The molecule has 0 unspecified atom stereocenters. The van der Waals surface area contributed by atoms with Crippen molar-refractivity contribution < 1.29 is 9.26 Å². The van der Waals surface area contributed by atoms with Crippen LogP contribution in [0.3, 0.4) is 0 Å². The van der Waals surface area contributed by atoms with Crippen molar-refractivity contribution in [3.8, 4) is 0 Å². The Kier molecular flexibility index (Phi) is 5.15. The van der Waals surface area contributed by atoms with E-state index in [-0.39, 0.29) is 6.61 Å². The summed E-state index contributed by atoms with van der Waals surface area (Å²) in [4.78, 5) is 4.20. The third-order valence-electron chi connectivity index (χ3n) is 2.39. The molecule has 1 aromatic heterocycles. The fraction of sp³-hybridized carbons (Fsp3) is 0.333. The van der Waals surface area contributed by atoms with E-state index in [0.717, 1.165) is 5.56 Å². The lowest BCUT2D eigenvalue weighted by molar-refractivity contribution is 0.104. The third-order valence-corrected chi connectivity index (χ3v) is 3.10. The molecule has 1 heterocycles. The normalized spacial score (nSPS) is 10.9. The van der Waals surface area contributed by atoms with Crippen LogP contribution < -0.4 is 5.73 Å². The molecule has 2 rings (SSSR count). The number of rotatable bonds is 6. The van der Waals surface area contributed by atoms with Crippen LogP contribution in [-0.4, -0.2) is 23.3 Å². The van der Waals surface area contributed by atoms with Crippen molar-refractivity contribution in [2.75, 3.05) is 13.2 Å². The Bertz CT molecular complexity index is 525. The summed E-state index contributed by atoms with van der Waals surface area (Å²) >= 11 is 12.2. The summed E-state index contributed by atoms with van der Waals surface area (Å²) in [6.07, 6.45) is 0.416. The zero-order valence-corrected chi connectivity index (χ0v) is 11.6. The second-order valence-corrected chi connectivity index (χ2v) is 4.64. The van der Waals surface area contributed by atoms with E-state index in [1.165, 1.54) is 0 Å². The summed E-state index contributed by atoms with van der Waals surface area (Å²) < 4.78 is 10.3. The molecule has 2 aromatic rings. The largest absolute Gasteiger partial charge is 0.370 e. The fourth-order valence-electron chi connectivity index (χ4n) is 1.52. The smallest absolute Gasteiger partial charge is 0.252 e. The lowest BCUT2D eigenvalue weighted by atomic mass is 10.1. The van der Waals surface area contributed by atoms with Gasteiger partial charge in [0.1, 0.15) is 6.61 Å². The highest BCUT2D eigenvalue weighted by atomic mass is 35.5. The molecule has 19 heavy (non-hydrogen) atoms. The summed E-state index contributed by atoms with van der Waals surface area (Å²) in [5, 5.41) is 5.02. The molecule has 102 valence electrons. The monoisotopic (exact) mass is 301 g/mol. The van der Waals surface area contributed by atoms with Crippen LogP contribution in [0.4, 0.5) is 0 Å². The van der Waals surface area contributed by atoms with Gasteiger partial charge < -0.3 is 15.0 Å². The highest BCUT2D eigenvalue weighted by Gasteiger charge is 2.11. The first kappa shape index (κ1) is 14.3. The minimum atomic E-state index is 0.250. The molecule has 1 aromatic carbocycles. The molecule has 0 saturated heterocycles. The van der Waals surface area contributed by atoms with Crippen LogP contribution in [-0.2, 0) is 17.8 Å². The van der Waals surface area contributed by atoms with Gasteiger partial charge in [0.15, 0.2) is 5.82 Å². The van der Waals surface area contributed by atoms with Gasteiger partial charge in [-0.2, -0.15) is 4.98 Å². The number of halogens is 2. The molecule has 0 spiro atoms. The first-order valence-corrected chi connectivity index (χ1v) is 6.48. The van der Waals surface area contributed by atoms with Gasteiger partial charge in [0.25, 0.3) is 5.89 Å². The molecule has 0 radical (unpaired) electrons. The SMILES string of the molecule is NCCOCc1nc(Cc2c(Cl)cccc2Cl)no1. The van der Waals surface area contributed by atoms with Crippen LogP contribution in [0.15, 0.2) is 22.7 Å². The number of hydrogen-bond donors (Lipinski definition) is 1. The van der Waals surface area contributed by atoms with Gasteiger partial charge >= 0.3 is 0 Å². The average molecular weight is 302 g/mol. The van der Waals surface area contributed by atoms with E-state index < -0.39 is 0 Å². The van der Waals surface area contributed by atoms with Gasteiger partial charge in [-0.25, -0.2) is 0 Å². The molecule has 0 aliphatic carbocycles. The Morgan fingerprint density at radius 3 is 2.68 bits per heavy atom. The van der Waals surface area contributed by atoms with E-state index in [1.54, 1.807) is 18.2 Å². The maximum absolute atomic E-state index is 6.08.